The van der Waals surface area contributed by atoms with E-state index in [0.717, 1.165) is 10.2 Å². The number of halogens is 1. The lowest BCUT2D eigenvalue weighted by atomic mass is 10.0. The predicted molar refractivity (Wildman–Crippen MR) is 120 cm³/mol. The van der Waals surface area contributed by atoms with Crippen LogP contribution >= 0.6 is 11.3 Å². The number of hydrogen-bond acceptors (Lipinski definition) is 5. The molecule has 8 nitrogen and oxygen atoms in total. The molecule has 3 amide bonds. The number of fused-ring (bicyclic) bond motifs is 2. The fraction of sp³-hybridized carbons (Fsp3) is 0.182. The molecule has 0 atom stereocenters. The van der Waals surface area contributed by atoms with Crippen LogP contribution in [0.3, 0.4) is 0 Å². The molecule has 10 heteroatoms. The van der Waals surface area contributed by atoms with Gasteiger partial charge in [-0.25, -0.2) is 14.2 Å². The maximum Gasteiger partial charge on any atom is 0.322 e. The molecule has 0 fully saturated rings. The van der Waals surface area contributed by atoms with Crippen LogP contribution in [-0.4, -0.2) is 38.1 Å². The van der Waals surface area contributed by atoms with Crippen molar-refractivity contribution in [3.05, 3.63) is 64.5 Å². The van der Waals surface area contributed by atoms with Crippen molar-refractivity contribution in [3.8, 4) is 11.3 Å². The SMILES string of the molecule is Cc1cc(-c2nn3c(c2C(N)=O)CN(C(=O)Nc2ccc4ncsc4c2)CC3)ccc1F. The van der Waals surface area contributed by atoms with Crippen LogP contribution in [0.5, 0.6) is 0 Å². The van der Waals surface area contributed by atoms with E-state index in [1.807, 2.05) is 12.1 Å². The molecule has 3 N–H and O–H groups in total. The van der Waals surface area contributed by atoms with E-state index in [1.54, 1.807) is 40.2 Å². The first-order valence-electron chi connectivity index (χ1n) is 9.96. The van der Waals surface area contributed by atoms with E-state index >= 15 is 0 Å². The molecule has 0 radical (unpaired) electrons. The number of carbonyl (C=O) groups is 2. The normalized spacial score (nSPS) is 13.2. The number of anilines is 1. The van der Waals surface area contributed by atoms with E-state index in [9.17, 15) is 14.0 Å². The number of benzene rings is 2. The van der Waals surface area contributed by atoms with E-state index in [4.69, 9.17) is 5.73 Å². The Balaban J connectivity index is 1.43. The summed E-state index contributed by atoms with van der Waals surface area (Å²) in [4.78, 5) is 31.1. The number of thiazole rings is 1. The average Bonchev–Trinajstić information content (AvgIpc) is 3.39. The molecule has 2 aromatic carbocycles. The van der Waals surface area contributed by atoms with Gasteiger partial charge in [0.05, 0.1) is 40.1 Å². The second-order valence-corrected chi connectivity index (χ2v) is 8.49. The third-order valence-corrected chi connectivity index (χ3v) is 6.32. The van der Waals surface area contributed by atoms with Gasteiger partial charge in [-0.2, -0.15) is 5.10 Å². The molecule has 4 aromatic rings. The Morgan fingerprint density at radius 3 is 2.81 bits per heavy atom. The van der Waals surface area contributed by atoms with Crippen LogP contribution in [0.15, 0.2) is 41.9 Å². The molecule has 1 aliphatic rings. The van der Waals surface area contributed by atoms with Gasteiger partial charge in [0.15, 0.2) is 0 Å². The Hall–Kier alpha value is -3.79. The fourth-order valence-electron chi connectivity index (χ4n) is 3.88. The molecule has 3 heterocycles. The number of nitrogens with zero attached hydrogens (tertiary/aromatic N) is 4. The number of amides is 3. The molecule has 1 aliphatic heterocycles. The third-order valence-electron chi connectivity index (χ3n) is 5.53. The van der Waals surface area contributed by atoms with Crippen molar-refractivity contribution in [2.45, 2.75) is 20.0 Å². The lowest BCUT2D eigenvalue weighted by Crippen LogP contribution is -2.41. The van der Waals surface area contributed by atoms with Crippen molar-refractivity contribution in [1.29, 1.82) is 0 Å². The van der Waals surface area contributed by atoms with Gasteiger partial charge >= 0.3 is 6.03 Å². The molecule has 0 saturated heterocycles. The Bertz CT molecular complexity index is 1380. The average molecular weight is 450 g/mol. The molecule has 0 bridgehead atoms. The molecule has 5 rings (SSSR count). The highest BCUT2D eigenvalue weighted by molar-refractivity contribution is 7.16. The quantitative estimate of drug-likeness (QED) is 0.496. The minimum absolute atomic E-state index is 0.181. The van der Waals surface area contributed by atoms with Gasteiger partial charge in [-0.05, 0) is 48.9 Å². The Morgan fingerprint density at radius 1 is 1.19 bits per heavy atom. The predicted octanol–water partition coefficient (Wildman–Crippen LogP) is 3.75. The molecule has 0 saturated carbocycles. The highest BCUT2D eigenvalue weighted by atomic mass is 32.1. The highest BCUT2D eigenvalue weighted by Crippen LogP contribution is 2.30. The van der Waals surface area contributed by atoms with Crippen molar-refractivity contribution in [2.75, 3.05) is 11.9 Å². The van der Waals surface area contributed by atoms with Crippen molar-refractivity contribution >= 4 is 39.2 Å². The second-order valence-electron chi connectivity index (χ2n) is 7.61. The van der Waals surface area contributed by atoms with Crippen LogP contribution in [0.1, 0.15) is 21.6 Å². The smallest absolute Gasteiger partial charge is 0.322 e. The molecule has 0 spiro atoms. The topological polar surface area (TPSA) is 106 Å². The standard InChI is InChI=1S/C22H19FN6O2S/c1-12-8-13(2-4-15(12)23)20-19(21(24)30)17-10-28(6-7-29(17)27-20)22(31)26-14-3-5-16-18(9-14)32-11-25-16/h2-5,8-9,11H,6-7,10H2,1H3,(H2,24,30)(H,26,31). The Morgan fingerprint density at radius 2 is 2.03 bits per heavy atom. The van der Waals surface area contributed by atoms with Crippen LogP contribution in [0.4, 0.5) is 14.9 Å². The van der Waals surface area contributed by atoms with E-state index in [-0.39, 0.29) is 24.0 Å². The highest BCUT2D eigenvalue weighted by Gasteiger charge is 2.29. The third kappa shape index (κ3) is 3.48. The summed E-state index contributed by atoms with van der Waals surface area (Å²) in [5.74, 6) is -0.973. The number of nitrogens with two attached hydrogens (primary N) is 1. The lowest BCUT2D eigenvalue weighted by Gasteiger charge is -2.28. The number of carbonyl (C=O) groups excluding carboxylic acids is 2. The number of aromatic nitrogens is 3. The summed E-state index contributed by atoms with van der Waals surface area (Å²) in [5, 5.41) is 7.45. The number of urea groups is 1. The van der Waals surface area contributed by atoms with Gasteiger partial charge in [-0.1, -0.05) is 0 Å². The summed E-state index contributed by atoms with van der Waals surface area (Å²) in [6.07, 6.45) is 0. The van der Waals surface area contributed by atoms with E-state index < -0.39 is 5.91 Å². The van der Waals surface area contributed by atoms with Crippen LogP contribution in [0.2, 0.25) is 0 Å². The zero-order valence-electron chi connectivity index (χ0n) is 17.1. The van der Waals surface area contributed by atoms with E-state index in [0.29, 0.717) is 41.3 Å². The monoisotopic (exact) mass is 450 g/mol. The van der Waals surface area contributed by atoms with Gasteiger partial charge in [-0.3, -0.25) is 9.48 Å². The summed E-state index contributed by atoms with van der Waals surface area (Å²) < 4.78 is 16.4. The minimum Gasteiger partial charge on any atom is -0.365 e. The van der Waals surface area contributed by atoms with Gasteiger partial charge < -0.3 is 16.0 Å². The minimum atomic E-state index is -0.638. The van der Waals surface area contributed by atoms with Crippen LogP contribution in [0.25, 0.3) is 21.5 Å². The Kier molecular flexibility index (Phi) is 4.86. The molecule has 32 heavy (non-hydrogen) atoms. The summed E-state index contributed by atoms with van der Waals surface area (Å²) in [6, 6.07) is 9.80. The van der Waals surface area contributed by atoms with Crippen LogP contribution < -0.4 is 11.1 Å². The fourth-order valence-corrected chi connectivity index (χ4v) is 4.60. The van der Waals surface area contributed by atoms with Crippen LogP contribution in [-0.2, 0) is 13.1 Å². The first kappa shape index (κ1) is 20.1. The van der Waals surface area contributed by atoms with E-state index in [2.05, 4.69) is 15.4 Å². The van der Waals surface area contributed by atoms with Crippen molar-refractivity contribution in [3.63, 3.8) is 0 Å². The molecular formula is C22H19FN6O2S. The maximum atomic E-state index is 13.7. The summed E-state index contributed by atoms with van der Waals surface area (Å²) in [6.45, 7) is 2.66. The van der Waals surface area contributed by atoms with Crippen molar-refractivity contribution in [2.24, 2.45) is 5.73 Å². The Labute approximate surface area is 186 Å². The van der Waals surface area contributed by atoms with Crippen molar-refractivity contribution in [1.82, 2.24) is 19.7 Å². The second kappa shape index (κ2) is 7.72. The lowest BCUT2D eigenvalue weighted by molar-refractivity contribution is 0.0997. The number of hydrogen-bond donors (Lipinski definition) is 2. The number of primary amides is 1. The zero-order chi connectivity index (χ0) is 22.4. The van der Waals surface area contributed by atoms with Gasteiger partial charge in [0.1, 0.15) is 11.5 Å². The maximum absolute atomic E-state index is 13.7. The molecule has 0 aliphatic carbocycles. The summed E-state index contributed by atoms with van der Waals surface area (Å²) in [7, 11) is 0. The largest absolute Gasteiger partial charge is 0.365 e. The number of nitrogens with one attached hydrogen (secondary N) is 1. The van der Waals surface area contributed by atoms with Gasteiger partial charge in [-0.15, -0.1) is 11.3 Å². The van der Waals surface area contributed by atoms with Gasteiger partial charge in [0, 0.05) is 17.8 Å². The van der Waals surface area contributed by atoms with Crippen LogP contribution in [0, 0.1) is 12.7 Å². The summed E-state index contributed by atoms with van der Waals surface area (Å²) >= 11 is 1.50. The first-order chi connectivity index (χ1) is 15.4. The molecule has 0 unspecified atom stereocenters. The first-order valence-corrected chi connectivity index (χ1v) is 10.8. The zero-order valence-corrected chi connectivity index (χ0v) is 17.9. The molecule has 162 valence electrons. The van der Waals surface area contributed by atoms with E-state index in [1.165, 1.54) is 17.4 Å². The number of rotatable bonds is 3. The summed E-state index contributed by atoms with van der Waals surface area (Å²) in [5.41, 5.74) is 11.3. The molecule has 2 aromatic heterocycles. The number of aryl methyl sites for hydroxylation is 1. The van der Waals surface area contributed by atoms with Gasteiger partial charge in [0.25, 0.3) is 5.91 Å². The van der Waals surface area contributed by atoms with Gasteiger partial charge in [0.2, 0.25) is 0 Å². The molecular weight excluding hydrogens is 431 g/mol. The van der Waals surface area contributed by atoms with Crippen molar-refractivity contribution < 1.29 is 14.0 Å².